The SMILES string of the molecule is O=C1NC(=NOCc2ccccc2Cl)CC(NOCc2ccccc2Cl)N1. The monoisotopic (exact) mass is 408 g/mol. The fourth-order valence-corrected chi connectivity index (χ4v) is 2.76. The number of hydrogen-bond acceptors (Lipinski definition) is 5. The molecule has 2 amide bonds. The predicted octanol–water partition coefficient (Wildman–Crippen LogP) is 3.57. The van der Waals surface area contributed by atoms with E-state index in [-0.39, 0.29) is 13.2 Å². The zero-order chi connectivity index (χ0) is 19.1. The number of halogens is 2. The van der Waals surface area contributed by atoms with Gasteiger partial charge in [0.2, 0.25) is 0 Å². The highest BCUT2D eigenvalue weighted by atomic mass is 35.5. The van der Waals surface area contributed by atoms with Crippen molar-refractivity contribution in [3.05, 3.63) is 69.7 Å². The van der Waals surface area contributed by atoms with E-state index in [9.17, 15) is 4.79 Å². The molecule has 1 unspecified atom stereocenters. The second-order valence-corrected chi connectivity index (χ2v) is 6.57. The molecule has 1 fully saturated rings. The van der Waals surface area contributed by atoms with Crippen LogP contribution in [0.1, 0.15) is 17.5 Å². The molecular formula is C18H18Cl2N4O3. The van der Waals surface area contributed by atoms with E-state index in [1.807, 2.05) is 36.4 Å². The Morgan fingerprint density at radius 1 is 1.04 bits per heavy atom. The van der Waals surface area contributed by atoms with Crippen LogP contribution in [0.15, 0.2) is 53.7 Å². The Kier molecular flexibility index (Phi) is 6.89. The van der Waals surface area contributed by atoms with Crippen molar-refractivity contribution in [2.24, 2.45) is 5.16 Å². The quantitative estimate of drug-likeness (QED) is 0.611. The van der Waals surface area contributed by atoms with Gasteiger partial charge in [0.1, 0.15) is 12.8 Å². The zero-order valence-corrected chi connectivity index (χ0v) is 15.8. The third kappa shape index (κ3) is 5.83. The number of carbonyl (C=O) groups excluding carboxylic acids is 1. The van der Waals surface area contributed by atoms with Crippen LogP contribution in [-0.2, 0) is 22.9 Å². The normalized spacial score (nSPS) is 18.1. The molecule has 1 aliphatic rings. The Bertz CT molecular complexity index is 832. The molecule has 2 aromatic rings. The summed E-state index contributed by atoms with van der Waals surface area (Å²) in [5, 5.41) is 10.5. The number of benzene rings is 2. The number of hydrogen-bond donors (Lipinski definition) is 3. The van der Waals surface area contributed by atoms with Gasteiger partial charge in [0.05, 0.1) is 6.61 Å². The molecule has 3 rings (SSSR count). The zero-order valence-electron chi connectivity index (χ0n) is 14.2. The van der Waals surface area contributed by atoms with E-state index in [1.165, 1.54) is 0 Å². The Morgan fingerprint density at radius 3 is 2.33 bits per heavy atom. The van der Waals surface area contributed by atoms with Crippen LogP contribution in [0.4, 0.5) is 4.79 Å². The highest BCUT2D eigenvalue weighted by molar-refractivity contribution is 6.31. The summed E-state index contributed by atoms with van der Waals surface area (Å²) in [7, 11) is 0. The summed E-state index contributed by atoms with van der Waals surface area (Å²) in [6, 6.07) is 14.3. The van der Waals surface area contributed by atoms with Crippen molar-refractivity contribution in [2.75, 3.05) is 0 Å². The fraction of sp³-hybridized carbons (Fsp3) is 0.222. The maximum Gasteiger partial charge on any atom is 0.321 e. The summed E-state index contributed by atoms with van der Waals surface area (Å²) in [5.74, 6) is 0.379. The third-order valence-electron chi connectivity index (χ3n) is 3.72. The lowest BCUT2D eigenvalue weighted by Crippen LogP contribution is -2.57. The number of hydroxylamine groups is 1. The Balaban J connectivity index is 1.49. The molecule has 9 heteroatoms. The van der Waals surface area contributed by atoms with E-state index in [2.05, 4.69) is 21.3 Å². The number of urea groups is 1. The molecule has 7 nitrogen and oxygen atoms in total. The third-order valence-corrected chi connectivity index (χ3v) is 4.46. The number of amidine groups is 1. The van der Waals surface area contributed by atoms with Gasteiger partial charge in [0.15, 0.2) is 5.84 Å². The van der Waals surface area contributed by atoms with Gasteiger partial charge < -0.3 is 10.2 Å². The Hall–Kier alpha value is -2.32. The molecule has 0 aliphatic carbocycles. The predicted molar refractivity (Wildman–Crippen MR) is 103 cm³/mol. The minimum absolute atomic E-state index is 0.202. The van der Waals surface area contributed by atoms with Crippen molar-refractivity contribution in [1.29, 1.82) is 0 Å². The van der Waals surface area contributed by atoms with Gasteiger partial charge >= 0.3 is 6.03 Å². The van der Waals surface area contributed by atoms with E-state index in [1.54, 1.807) is 12.1 Å². The van der Waals surface area contributed by atoms with Crippen molar-refractivity contribution in [3.8, 4) is 0 Å². The second-order valence-electron chi connectivity index (χ2n) is 5.76. The van der Waals surface area contributed by atoms with Gasteiger partial charge in [-0.2, -0.15) is 5.48 Å². The average molecular weight is 409 g/mol. The molecule has 0 aromatic heterocycles. The highest BCUT2D eigenvalue weighted by Crippen LogP contribution is 2.16. The van der Waals surface area contributed by atoms with Gasteiger partial charge in [-0.25, -0.2) is 4.79 Å². The fourth-order valence-electron chi connectivity index (χ4n) is 2.38. The van der Waals surface area contributed by atoms with E-state index in [0.29, 0.717) is 22.3 Å². The average Bonchev–Trinajstić information content (AvgIpc) is 2.64. The van der Waals surface area contributed by atoms with Gasteiger partial charge in [-0.1, -0.05) is 64.8 Å². The lowest BCUT2D eigenvalue weighted by Gasteiger charge is -2.25. The van der Waals surface area contributed by atoms with Gasteiger partial charge in [-0.05, 0) is 17.7 Å². The van der Waals surface area contributed by atoms with Crippen molar-refractivity contribution < 1.29 is 14.5 Å². The van der Waals surface area contributed by atoms with Crippen LogP contribution in [0.3, 0.4) is 0 Å². The molecule has 0 radical (unpaired) electrons. The number of rotatable bonds is 7. The van der Waals surface area contributed by atoms with Crippen LogP contribution in [0.25, 0.3) is 0 Å². The van der Waals surface area contributed by atoms with Crippen LogP contribution in [0, 0.1) is 0 Å². The van der Waals surface area contributed by atoms with Crippen molar-refractivity contribution >= 4 is 35.1 Å². The largest absolute Gasteiger partial charge is 0.389 e. The molecule has 27 heavy (non-hydrogen) atoms. The smallest absolute Gasteiger partial charge is 0.321 e. The number of oxime groups is 1. The number of nitrogens with zero attached hydrogens (tertiary/aromatic N) is 1. The molecule has 0 saturated carbocycles. The van der Waals surface area contributed by atoms with E-state index in [4.69, 9.17) is 32.9 Å². The molecule has 2 aromatic carbocycles. The molecule has 1 atom stereocenters. The highest BCUT2D eigenvalue weighted by Gasteiger charge is 2.23. The first-order valence-electron chi connectivity index (χ1n) is 8.22. The molecule has 0 bridgehead atoms. The summed E-state index contributed by atoms with van der Waals surface area (Å²) in [6.45, 7) is 0.461. The Morgan fingerprint density at radius 2 is 1.67 bits per heavy atom. The van der Waals surface area contributed by atoms with Crippen molar-refractivity contribution in [3.63, 3.8) is 0 Å². The topological polar surface area (TPSA) is 84.0 Å². The van der Waals surface area contributed by atoms with Gasteiger partial charge in [-0.15, -0.1) is 0 Å². The minimum Gasteiger partial charge on any atom is -0.389 e. The maximum atomic E-state index is 11.8. The van der Waals surface area contributed by atoms with Gasteiger partial charge in [0.25, 0.3) is 0 Å². The van der Waals surface area contributed by atoms with Crippen LogP contribution in [-0.4, -0.2) is 18.0 Å². The lowest BCUT2D eigenvalue weighted by molar-refractivity contribution is -0.00148. The second kappa shape index (κ2) is 9.57. The summed E-state index contributed by atoms with van der Waals surface area (Å²) >= 11 is 12.1. The number of carbonyl (C=O) groups is 1. The van der Waals surface area contributed by atoms with Crippen molar-refractivity contribution in [1.82, 2.24) is 16.1 Å². The van der Waals surface area contributed by atoms with Crippen LogP contribution >= 0.6 is 23.2 Å². The van der Waals surface area contributed by atoms with Crippen LogP contribution in [0.2, 0.25) is 10.0 Å². The molecule has 1 aliphatic heterocycles. The summed E-state index contributed by atoms with van der Waals surface area (Å²) < 4.78 is 0. The van der Waals surface area contributed by atoms with E-state index in [0.717, 1.165) is 11.1 Å². The van der Waals surface area contributed by atoms with E-state index < -0.39 is 12.2 Å². The standard InChI is InChI=1S/C18H18Cl2N4O3/c19-14-7-3-1-5-12(14)10-26-23-16-9-17(22-18(25)21-16)24-27-11-13-6-2-4-8-15(13)20/h1-8,16,23H,9-11H2,(H2,21,22,24,25). The van der Waals surface area contributed by atoms with Gasteiger partial charge in [0, 0.05) is 22.0 Å². The summed E-state index contributed by atoms with van der Waals surface area (Å²) in [6.07, 6.45) is -0.0968. The minimum atomic E-state index is -0.455. The first-order valence-corrected chi connectivity index (χ1v) is 8.98. The summed E-state index contributed by atoms with van der Waals surface area (Å²) in [4.78, 5) is 22.5. The van der Waals surface area contributed by atoms with Crippen molar-refractivity contribution in [2.45, 2.75) is 25.8 Å². The Labute approximate surface area is 166 Å². The van der Waals surface area contributed by atoms with E-state index >= 15 is 0 Å². The number of nitrogens with one attached hydrogen (secondary N) is 3. The first kappa shape index (κ1) is 19.4. The lowest BCUT2D eigenvalue weighted by atomic mass is 10.2. The number of amides is 2. The molecule has 0 spiro atoms. The molecule has 1 heterocycles. The molecule has 142 valence electrons. The molecule has 3 N–H and O–H groups in total. The van der Waals surface area contributed by atoms with Crippen LogP contribution in [0.5, 0.6) is 0 Å². The van der Waals surface area contributed by atoms with Crippen LogP contribution < -0.4 is 16.1 Å². The van der Waals surface area contributed by atoms with Gasteiger partial charge in [-0.3, -0.25) is 10.2 Å². The molecule has 1 saturated heterocycles. The summed E-state index contributed by atoms with van der Waals surface area (Å²) in [5.41, 5.74) is 4.43. The first-order chi connectivity index (χ1) is 13.1. The maximum absolute atomic E-state index is 11.8. The molecular weight excluding hydrogens is 391 g/mol.